The molecule has 0 spiro atoms. The second-order valence-electron chi connectivity index (χ2n) is 4.74. The number of nitrogens with zero attached hydrogens (tertiary/aromatic N) is 2. The molecule has 0 aromatic carbocycles. The summed E-state index contributed by atoms with van der Waals surface area (Å²) in [5.74, 6) is 0. The van der Waals surface area contributed by atoms with Crippen LogP contribution in [0.4, 0.5) is 0 Å². The maximum Gasteiger partial charge on any atom is 0.147 e. The number of likely N-dealkylation sites (N-methyl/N-ethyl adjacent to an activating group) is 1. The Morgan fingerprint density at radius 3 is 2.23 bits per heavy atom. The van der Waals surface area contributed by atoms with Crippen molar-refractivity contribution in [3.8, 4) is 0 Å². The second kappa shape index (κ2) is 3.97. The third-order valence-corrected chi connectivity index (χ3v) is 2.62. The van der Waals surface area contributed by atoms with Crippen LogP contribution in [0.2, 0.25) is 0 Å². The summed E-state index contributed by atoms with van der Waals surface area (Å²) in [6.07, 6.45) is 1.21. The van der Waals surface area contributed by atoms with Crippen LogP contribution >= 0.6 is 0 Å². The van der Waals surface area contributed by atoms with E-state index in [0.29, 0.717) is 6.04 Å². The van der Waals surface area contributed by atoms with Crippen molar-refractivity contribution in [1.29, 1.82) is 0 Å². The van der Waals surface area contributed by atoms with E-state index in [0.717, 1.165) is 13.1 Å². The van der Waals surface area contributed by atoms with E-state index in [1.807, 2.05) is 0 Å². The van der Waals surface area contributed by atoms with Crippen LogP contribution in [0.25, 0.3) is 0 Å². The molecule has 1 unspecified atom stereocenters. The molecule has 1 rings (SSSR count). The van der Waals surface area contributed by atoms with Crippen LogP contribution in [0.3, 0.4) is 0 Å². The molecule has 0 saturated carbocycles. The Labute approximate surface area is 82.9 Å². The Bertz CT molecular complexity index is 160. The van der Waals surface area contributed by atoms with Crippen molar-refractivity contribution in [2.75, 3.05) is 13.1 Å². The van der Waals surface area contributed by atoms with Crippen molar-refractivity contribution >= 4 is 0 Å². The molecule has 1 atom stereocenters. The second-order valence-corrected chi connectivity index (χ2v) is 4.74. The van der Waals surface area contributed by atoms with E-state index >= 15 is 0 Å². The van der Waals surface area contributed by atoms with Crippen molar-refractivity contribution in [3.63, 3.8) is 0 Å². The summed E-state index contributed by atoms with van der Waals surface area (Å²) in [7, 11) is 0. The average molecular weight is 182 g/mol. The fourth-order valence-electron chi connectivity index (χ4n) is 1.82. The minimum absolute atomic E-state index is 0.213. The summed E-state index contributed by atoms with van der Waals surface area (Å²) in [4.78, 5) is 4.65. The van der Waals surface area contributed by atoms with Crippen molar-refractivity contribution < 1.29 is 0 Å². The van der Waals surface area contributed by atoms with Gasteiger partial charge in [-0.2, -0.15) is 0 Å². The average Bonchev–Trinajstić information content (AvgIpc) is 2.46. The Morgan fingerprint density at radius 2 is 1.92 bits per heavy atom. The van der Waals surface area contributed by atoms with Crippen LogP contribution in [-0.4, -0.2) is 34.5 Å². The van der Waals surface area contributed by atoms with E-state index in [1.54, 1.807) is 0 Å². The number of hydrogen-bond acceptors (Lipinski definition) is 2. The molecular formula is C11H22N2. The quantitative estimate of drug-likeness (QED) is 0.646. The van der Waals surface area contributed by atoms with Crippen LogP contribution in [0.15, 0.2) is 0 Å². The van der Waals surface area contributed by atoms with Crippen LogP contribution in [0.1, 0.15) is 41.0 Å². The maximum atomic E-state index is 3.45. The molecule has 76 valence electrons. The van der Waals surface area contributed by atoms with Crippen LogP contribution in [-0.2, 0) is 0 Å². The van der Waals surface area contributed by atoms with Gasteiger partial charge in [-0.1, -0.05) is 13.8 Å². The van der Waals surface area contributed by atoms with Crippen LogP contribution in [0.5, 0.6) is 0 Å². The van der Waals surface area contributed by atoms with Gasteiger partial charge in [0.05, 0.1) is 0 Å². The number of hydrogen-bond donors (Lipinski definition) is 0. The predicted molar refractivity (Wildman–Crippen MR) is 56.2 cm³/mol. The molecule has 1 aliphatic rings. The Morgan fingerprint density at radius 1 is 1.31 bits per heavy atom. The Hall–Kier alpha value is -0.0800. The van der Waals surface area contributed by atoms with E-state index in [4.69, 9.17) is 0 Å². The van der Waals surface area contributed by atoms with Gasteiger partial charge >= 0.3 is 0 Å². The summed E-state index contributed by atoms with van der Waals surface area (Å²) in [6, 6.07) is 0.653. The van der Waals surface area contributed by atoms with Gasteiger partial charge in [0.15, 0.2) is 0 Å². The molecule has 2 nitrogen and oxygen atoms in total. The largest absolute Gasteiger partial charge is 0.278 e. The summed E-state index contributed by atoms with van der Waals surface area (Å²) >= 11 is 0. The highest BCUT2D eigenvalue weighted by Gasteiger charge is 2.36. The summed E-state index contributed by atoms with van der Waals surface area (Å²) in [5, 5.41) is 0. The van der Waals surface area contributed by atoms with Gasteiger partial charge in [0.2, 0.25) is 0 Å². The molecule has 2 radical (unpaired) electrons. The third kappa shape index (κ3) is 2.44. The zero-order valence-corrected chi connectivity index (χ0v) is 9.59. The van der Waals surface area contributed by atoms with Crippen molar-refractivity contribution in [2.24, 2.45) is 0 Å². The lowest BCUT2D eigenvalue weighted by Crippen LogP contribution is -2.43. The molecule has 13 heavy (non-hydrogen) atoms. The monoisotopic (exact) mass is 182 g/mol. The highest BCUT2D eigenvalue weighted by atomic mass is 15.4. The first kappa shape index (κ1) is 11.0. The van der Waals surface area contributed by atoms with Gasteiger partial charge in [0.1, 0.15) is 6.67 Å². The van der Waals surface area contributed by atoms with Gasteiger partial charge in [0.25, 0.3) is 0 Å². The highest BCUT2D eigenvalue weighted by molar-refractivity contribution is 4.95. The van der Waals surface area contributed by atoms with Crippen LogP contribution < -0.4 is 0 Å². The Balaban J connectivity index is 2.63. The molecule has 2 heteroatoms. The zero-order chi connectivity index (χ0) is 10.1. The molecule has 0 aromatic heterocycles. The topological polar surface area (TPSA) is 6.48 Å². The predicted octanol–water partition coefficient (Wildman–Crippen LogP) is 2.20. The van der Waals surface area contributed by atoms with E-state index in [1.165, 1.54) is 6.42 Å². The summed E-state index contributed by atoms with van der Waals surface area (Å²) < 4.78 is 0. The van der Waals surface area contributed by atoms with E-state index in [-0.39, 0.29) is 5.54 Å². The molecule has 0 bridgehead atoms. The first-order chi connectivity index (χ1) is 5.99. The van der Waals surface area contributed by atoms with Gasteiger partial charge in [-0.3, -0.25) is 9.80 Å². The SMILES string of the molecule is CCC1CN(CC)[C]N1C(C)(C)C. The Kier molecular flexibility index (Phi) is 3.36. The molecule has 1 heterocycles. The van der Waals surface area contributed by atoms with Gasteiger partial charge < -0.3 is 0 Å². The fourth-order valence-corrected chi connectivity index (χ4v) is 1.82. The van der Waals surface area contributed by atoms with E-state index in [9.17, 15) is 0 Å². The molecule has 0 aliphatic carbocycles. The first-order valence-corrected chi connectivity index (χ1v) is 5.29. The third-order valence-electron chi connectivity index (χ3n) is 2.62. The molecule has 1 saturated heterocycles. The van der Waals surface area contributed by atoms with Gasteiger partial charge in [-0.15, -0.1) is 0 Å². The summed E-state index contributed by atoms with van der Waals surface area (Å²) in [6.45, 7) is 16.9. The normalized spacial score (nSPS) is 27.0. The van der Waals surface area contributed by atoms with Gasteiger partial charge in [-0.05, 0) is 33.7 Å². The lowest BCUT2D eigenvalue weighted by Gasteiger charge is -2.34. The minimum atomic E-state index is 0.213. The van der Waals surface area contributed by atoms with E-state index < -0.39 is 0 Å². The molecule has 1 fully saturated rings. The minimum Gasteiger partial charge on any atom is -0.278 e. The van der Waals surface area contributed by atoms with Gasteiger partial charge in [0, 0.05) is 18.1 Å². The lowest BCUT2D eigenvalue weighted by atomic mass is 10.0. The standard InChI is InChI=1S/C11H22N2/c1-6-10-8-12(7-2)9-13(10)11(3,4)5/h10H,6-8H2,1-5H3. The molecule has 0 amide bonds. The molecule has 0 aromatic rings. The lowest BCUT2D eigenvalue weighted by molar-refractivity contribution is 0.145. The van der Waals surface area contributed by atoms with Crippen molar-refractivity contribution in [1.82, 2.24) is 9.80 Å². The van der Waals surface area contributed by atoms with Crippen LogP contribution in [0, 0.1) is 6.67 Å². The smallest absolute Gasteiger partial charge is 0.147 e. The zero-order valence-electron chi connectivity index (χ0n) is 9.59. The highest BCUT2D eigenvalue weighted by Crippen LogP contribution is 2.27. The summed E-state index contributed by atoms with van der Waals surface area (Å²) in [5.41, 5.74) is 0.213. The maximum absolute atomic E-state index is 3.45. The molecule has 0 N–H and O–H groups in total. The molecule has 1 aliphatic heterocycles. The van der Waals surface area contributed by atoms with Crippen molar-refractivity contribution in [3.05, 3.63) is 6.67 Å². The molecular weight excluding hydrogens is 160 g/mol. The van der Waals surface area contributed by atoms with Gasteiger partial charge in [-0.25, -0.2) is 0 Å². The first-order valence-electron chi connectivity index (χ1n) is 5.29. The fraction of sp³-hybridized carbons (Fsp3) is 0.909. The van der Waals surface area contributed by atoms with Crippen molar-refractivity contribution in [2.45, 2.75) is 52.6 Å². The number of rotatable bonds is 2. The van der Waals surface area contributed by atoms with E-state index in [2.05, 4.69) is 51.1 Å².